The lowest BCUT2D eigenvalue weighted by Crippen LogP contribution is -2.32. The van der Waals surface area contributed by atoms with Crippen molar-refractivity contribution in [3.63, 3.8) is 0 Å². The number of aryl methyl sites for hydroxylation is 1. The van der Waals surface area contributed by atoms with E-state index in [1.807, 2.05) is 43.3 Å². The van der Waals surface area contributed by atoms with Crippen LogP contribution in [0.2, 0.25) is 0 Å². The predicted octanol–water partition coefficient (Wildman–Crippen LogP) is 3.98. The molecule has 0 amide bonds. The van der Waals surface area contributed by atoms with Crippen molar-refractivity contribution in [2.75, 3.05) is 18.4 Å². The zero-order valence-corrected chi connectivity index (χ0v) is 18.9. The molecular formula is C24H23N5O3S. The molecule has 1 atom stereocenters. The molecule has 0 bridgehead atoms. The van der Waals surface area contributed by atoms with Gasteiger partial charge in [-0.2, -0.15) is 4.31 Å². The average Bonchev–Trinajstić information content (AvgIpc) is 3.47. The minimum atomic E-state index is -3.52. The highest BCUT2D eigenvalue weighted by Gasteiger charge is 2.32. The van der Waals surface area contributed by atoms with Crippen molar-refractivity contribution in [1.82, 2.24) is 19.4 Å². The maximum atomic E-state index is 12.9. The molecule has 4 aromatic rings. The molecule has 5 rings (SSSR count). The molecule has 1 fully saturated rings. The molecule has 0 aliphatic carbocycles. The highest BCUT2D eigenvalue weighted by atomic mass is 32.2. The van der Waals surface area contributed by atoms with Gasteiger partial charge in [0.2, 0.25) is 16.0 Å². The van der Waals surface area contributed by atoms with Crippen molar-refractivity contribution < 1.29 is 12.9 Å². The van der Waals surface area contributed by atoms with Crippen molar-refractivity contribution >= 4 is 16.0 Å². The summed E-state index contributed by atoms with van der Waals surface area (Å²) in [5.74, 6) is 1.11. The van der Waals surface area contributed by atoms with Crippen LogP contribution in [0, 0.1) is 6.92 Å². The van der Waals surface area contributed by atoms with Gasteiger partial charge >= 0.3 is 0 Å². The van der Waals surface area contributed by atoms with Crippen molar-refractivity contribution in [2.24, 2.45) is 0 Å². The summed E-state index contributed by atoms with van der Waals surface area (Å²) < 4.78 is 32.8. The van der Waals surface area contributed by atoms with Crippen molar-refractivity contribution in [3.05, 3.63) is 78.7 Å². The van der Waals surface area contributed by atoms with E-state index in [9.17, 15) is 8.42 Å². The Bertz CT molecular complexity index is 1360. The molecule has 1 N–H and O–H groups in total. The molecule has 0 radical (unpaired) electrons. The summed E-state index contributed by atoms with van der Waals surface area (Å²) in [5.41, 5.74) is 3.16. The van der Waals surface area contributed by atoms with Crippen LogP contribution >= 0.6 is 0 Å². The second-order valence-corrected chi connectivity index (χ2v) is 9.84. The third-order valence-electron chi connectivity index (χ3n) is 5.69. The molecule has 1 aliphatic rings. The molecule has 2 aromatic heterocycles. The number of hydrogen-bond acceptors (Lipinski definition) is 7. The first-order chi connectivity index (χ1) is 16.0. The first-order valence-corrected chi connectivity index (χ1v) is 12.1. The molecule has 3 heterocycles. The van der Waals surface area contributed by atoms with Crippen LogP contribution < -0.4 is 5.32 Å². The Kier molecular flexibility index (Phi) is 5.65. The van der Waals surface area contributed by atoms with E-state index >= 15 is 0 Å². The van der Waals surface area contributed by atoms with Gasteiger partial charge in [0.05, 0.1) is 16.2 Å². The number of benzene rings is 2. The Hall–Kier alpha value is -3.56. The highest BCUT2D eigenvalue weighted by molar-refractivity contribution is 7.89. The van der Waals surface area contributed by atoms with E-state index in [4.69, 9.17) is 4.52 Å². The summed E-state index contributed by atoms with van der Waals surface area (Å²) in [7, 11) is -3.52. The Morgan fingerprint density at radius 2 is 1.76 bits per heavy atom. The van der Waals surface area contributed by atoms with Crippen LogP contribution in [0.3, 0.4) is 0 Å². The fraction of sp³-hybridized carbons (Fsp3) is 0.208. The van der Waals surface area contributed by atoms with Crippen molar-refractivity contribution in [3.8, 4) is 22.5 Å². The molecule has 2 aromatic carbocycles. The zero-order valence-electron chi connectivity index (χ0n) is 18.0. The third-order valence-corrected chi connectivity index (χ3v) is 7.57. The van der Waals surface area contributed by atoms with Crippen LogP contribution in [0.25, 0.3) is 22.5 Å². The largest absolute Gasteiger partial charge is 0.360 e. The standard InChI is InChI=1S/C24H23N5O3S/c1-17-22(23(28-32-17)18-8-4-2-5-9-18)21-12-14-25-24(27-21)26-19-13-15-29(16-19)33(30,31)20-10-6-3-7-11-20/h2-12,14,19H,13,15-16H2,1H3,(H,25,26,27)/t19-/m1/s1. The minimum absolute atomic E-state index is 0.0871. The molecule has 0 spiro atoms. The summed E-state index contributed by atoms with van der Waals surface area (Å²) in [5, 5.41) is 7.53. The molecule has 9 heteroatoms. The molecule has 33 heavy (non-hydrogen) atoms. The lowest BCUT2D eigenvalue weighted by Gasteiger charge is -2.17. The van der Waals surface area contributed by atoms with Gasteiger partial charge in [-0.15, -0.1) is 0 Å². The number of anilines is 1. The van der Waals surface area contributed by atoms with E-state index < -0.39 is 10.0 Å². The van der Waals surface area contributed by atoms with E-state index in [0.717, 1.165) is 16.8 Å². The molecule has 0 unspecified atom stereocenters. The summed E-state index contributed by atoms with van der Waals surface area (Å²) in [6.45, 7) is 2.65. The smallest absolute Gasteiger partial charge is 0.243 e. The fourth-order valence-electron chi connectivity index (χ4n) is 4.02. The number of sulfonamides is 1. The van der Waals surface area contributed by atoms with Crippen molar-refractivity contribution in [2.45, 2.75) is 24.3 Å². The SMILES string of the molecule is Cc1onc(-c2ccccc2)c1-c1ccnc(N[C@@H]2CCN(S(=O)(=O)c3ccccc3)C2)n1. The molecule has 8 nitrogen and oxygen atoms in total. The van der Waals surface area contributed by atoms with Gasteiger partial charge in [0.15, 0.2) is 0 Å². The molecule has 1 aliphatic heterocycles. The number of hydrogen-bond donors (Lipinski definition) is 1. The Morgan fingerprint density at radius 3 is 2.52 bits per heavy atom. The Balaban J connectivity index is 1.35. The zero-order chi connectivity index (χ0) is 22.8. The van der Waals surface area contributed by atoms with Crippen LogP contribution in [-0.2, 0) is 10.0 Å². The van der Waals surface area contributed by atoms with E-state index in [0.29, 0.717) is 41.8 Å². The van der Waals surface area contributed by atoms with Crippen LogP contribution in [0.5, 0.6) is 0 Å². The third kappa shape index (κ3) is 4.24. The monoisotopic (exact) mass is 461 g/mol. The molecule has 1 saturated heterocycles. The van der Waals surface area contributed by atoms with Gasteiger partial charge < -0.3 is 9.84 Å². The number of rotatable bonds is 6. The van der Waals surface area contributed by atoms with E-state index in [2.05, 4.69) is 20.4 Å². The topological polar surface area (TPSA) is 101 Å². The quantitative estimate of drug-likeness (QED) is 0.463. The van der Waals surface area contributed by atoms with Gasteiger partial charge in [-0.25, -0.2) is 18.4 Å². The van der Waals surface area contributed by atoms with Gasteiger partial charge in [0.25, 0.3) is 0 Å². The average molecular weight is 462 g/mol. The summed E-state index contributed by atoms with van der Waals surface area (Å²) in [4.78, 5) is 9.34. The van der Waals surface area contributed by atoms with Crippen LogP contribution in [0.15, 0.2) is 82.3 Å². The van der Waals surface area contributed by atoms with Gasteiger partial charge in [-0.05, 0) is 31.5 Å². The molecule has 0 saturated carbocycles. The lowest BCUT2D eigenvalue weighted by atomic mass is 10.0. The first-order valence-electron chi connectivity index (χ1n) is 10.7. The Labute approximate surface area is 192 Å². The predicted molar refractivity (Wildman–Crippen MR) is 125 cm³/mol. The summed E-state index contributed by atoms with van der Waals surface area (Å²) >= 11 is 0. The maximum absolute atomic E-state index is 12.9. The maximum Gasteiger partial charge on any atom is 0.243 e. The first kappa shape index (κ1) is 21.3. The fourth-order valence-corrected chi connectivity index (χ4v) is 5.54. The number of nitrogens with zero attached hydrogens (tertiary/aromatic N) is 4. The Morgan fingerprint density at radius 1 is 1.03 bits per heavy atom. The summed E-state index contributed by atoms with van der Waals surface area (Å²) in [6.07, 6.45) is 2.35. The van der Waals surface area contributed by atoms with Gasteiger partial charge in [-0.1, -0.05) is 53.7 Å². The molecule has 168 valence electrons. The second kappa shape index (κ2) is 8.76. The minimum Gasteiger partial charge on any atom is -0.360 e. The van der Waals surface area contributed by atoms with E-state index in [1.165, 1.54) is 4.31 Å². The van der Waals surface area contributed by atoms with E-state index in [-0.39, 0.29) is 6.04 Å². The van der Waals surface area contributed by atoms with Crippen LogP contribution in [0.4, 0.5) is 5.95 Å². The molecular weight excluding hydrogens is 438 g/mol. The van der Waals surface area contributed by atoms with Gasteiger partial charge in [0, 0.05) is 30.9 Å². The second-order valence-electron chi connectivity index (χ2n) is 7.90. The lowest BCUT2D eigenvalue weighted by molar-refractivity contribution is 0.400. The van der Waals surface area contributed by atoms with Gasteiger partial charge in [0.1, 0.15) is 11.5 Å². The normalized spacial score (nSPS) is 16.7. The highest BCUT2D eigenvalue weighted by Crippen LogP contribution is 2.33. The number of nitrogens with one attached hydrogen (secondary N) is 1. The van der Waals surface area contributed by atoms with Crippen LogP contribution in [0.1, 0.15) is 12.2 Å². The number of aromatic nitrogens is 3. The van der Waals surface area contributed by atoms with Crippen LogP contribution in [-0.4, -0.2) is 47.0 Å². The summed E-state index contributed by atoms with van der Waals surface area (Å²) in [6, 6.07) is 20.0. The van der Waals surface area contributed by atoms with Gasteiger partial charge in [-0.3, -0.25) is 0 Å². The van der Waals surface area contributed by atoms with E-state index in [1.54, 1.807) is 36.5 Å². The van der Waals surface area contributed by atoms with Crippen molar-refractivity contribution in [1.29, 1.82) is 0 Å².